The second-order valence-corrected chi connectivity index (χ2v) is 10.5. The Morgan fingerprint density at radius 3 is 1.82 bits per heavy atom. The summed E-state index contributed by atoms with van der Waals surface area (Å²) in [5, 5.41) is 3.88. The number of imidazole rings is 1. The van der Waals surface area contributed by atoms with Crippen LogP contribution in [0.3, 0.4) is 0 Å². The maximum Gasteiger partial charge on any atom is 0.264 e. The van der Waals surface area contributed by atoms with Gasteiger partial charge in [0.15, 0.2) is 0 Å². The molecule has 0 atom stereocenters. The summed E-state index contributed by atoms with van der Waals surface area (Å²) in [6.45, 7) is 0. The second-order valence-electron chi connectivity index (χ2n) is 10.1. The normalized spacial score (nSPS) is 11.7. The fraction of sp³-hybridized carbons (Fsp3) is 0. The summed E-state index contributed by atoms with van der Waals surface area (Å²) in [4.78, 5) is 19.5. The highest BCUT2D eigenvalue weighted by Gasteiger charge is 2.22. The molecule has 8 aromatic rings. The predicted octanol–water partition coefficient (Wildman–Crippen LogP) is 9.25. The molecule has 8 rings (SSSR count). The van der Waals surface area contributed by atoms with E-state index in [2.05, 4.69) is 60.7 Å². The summed E-state index contributed by atoms with van der Waals surface area (Å²) in [6.07, 6.45) is 0. The smallest absolute Gasteiger partial charge is 0.264 e. The molecule has 4 heteroatoms. The first-order valence-corrected chi connectivity index (χ1v) is 13.6. The van der Waals surface area contributed by atoms with Crippen molar-refractivity contribution in [3.05, 3.63) is 143 Å². The molecule has 0 aliphatic heterocycles. The number of pyridine rings is 1. The zero-order chi connectivity index (χ0) is 26.8. The van der Waals surface area contributed by atoms with E-state index in [1.54, 1.807) is 4.40 Å². The lowest BCUT2D eigenvalue weighted by molar-refractivity contribution is 1.19. The lowest BCUT2D eigenvalue weighted by atomic mass is 9.94. The van der Waals surface area contributed by atoms with Crippen LogP contribution in [0.4, 0.5) is 0 Å². The Morgan fingerprint density at radius 1 is 0.550 bits per heavy atom. The molecule has 0 saturated heterocycles. The molecule has 0 fully saturated rings. The van der Waals surface area contributed by atoms with Crippen LogP contribution in [0, 0.1) is 0 Å². The number of halogens is 1. The Morgan fingerprint density at radius 2 is 1.15 bits per heavy atom. The fourth-order valence-electron chi connectivity index (χ4n) is 6.02. The Bertz CT molecular complexity index is 2280. The van der Waals surface area contributed by atoms with Gasteiger partial charge in [-0.25, -0.2) is 4.98 Å². The first-order valence-electron chi connectivity index (χ1n) is 13.2. The van der Waals surface area contributed by atoms with Gasteiger partial charge in [-0.1, -0.05) is 109 Å². The third-order valence-electron chi connectivity index (χ3n) is 7.81. The van der Waals surface area contributed by atoms with Crippen LogP contribution in [-0.4, -0.2) is 9.38 Å². The lowest BCUT2D eigenvalue weighted by Gasteiger charge is -2.14. The highest BCUT2D eigenvalue weighted by molar-refractivity contribution is 6.39. The Balaban J connectivity index is 1.55. The van der Waals surface area contributed by atoms with Gasteiger partial charge in [0.25, 0.3) is 5.56 Å². The molecule has 0 spiro atoms. The van der Waals surface area contributed by atoms with Gasteiger partial charge in [-0.05, 0) is 58.1 Å². The number of nitrogens with zero attached hydrogens (tertiary/aromatic N) is 2. The van der Waals surface area contributed by atoms with Gasteiger partial charge in [-0.15, -0.1) is 0 Å². The molecular weight excluding hydrogens is 512 g/mol. The number of aromatic nitrogens is 2. The molecule has 0 bridgehead atoms. The average Bonchev–Trinajstić information content (AvgIpc) is 3.41. The van der Waals surface area contributed by atoms with E-state index in [-0.39, 0.29) is 5.56 Å². The van der Waals surface area contributed by atoms with E-state index in [1.807, 2.05) is 66.7 Å². The van der Waals surface area contributed by atoms with Gasteiger partial charge < -0.3 is 0 Å². The molecule has 3 nitrogen and oxygen atoms in total. The summed E-state index contributed by atoms with van der Waals surface area (Å²) in [5.74, 6) is 0. The van der Waals surface area contributed by atoms with E-state index < -0.39 is 0 Å². The summed E-state index contributed by atoms with van der Waals surface area (Å²) >= 11 is 6.85. The third-order valence-corrected chi connectivity index (χ3v) is 8.13. The van der Waals surface area contributed by atoms with Crippen LogP contribution >= 0.6 is 11.6 Å². The van der Waals surface area contributed by atoms with Crippen molar-refractivity contribution in [1.82, 2.24) is 9.38 Å². The van der Waals surface area contributed by atoms with Crippen molar-refractivity contribution in [3.63, 3.8) is 0 Å². The van der Waals surface area contributed by atoms with E-state index >= 15 is 0 Å². The summed E-state index contributed by atoms with van der Waals surface area (Å²) in [6, 6.07) is 42.8. The van der Waals surface area contributed by atoms with Crippen molar-refractivity contribution >= 4 is 49.8 Å². The van der Waals surface area contributed by atoms with Gasteiger partial charge in [0.1, 0.15) is 5.65 Å². The number of hydrogen-bond acceptors (Lipinski definition) is 2. The van der Waals surface area contributed by atoms with Crippen LogP contribution in [0.1, 0.15) is 0 Å². The van der Waals surface area contributed by atoms with Crippen LogP contribution in [0.5, 0.6) is 0 Å². The average molecular weight is 533 g/mol. The maximum atomic E-state index is 14.3. The zero-order valence-electron chi connectivity index (χ0n) is 21.3. The van der Waals surface area contributed by atoms with Gasteiger partial charge >= 0.3 is 0 Å². The van der Waals surface area contributed by atoms with Crippen molar-refractivity contribution in [3.8, 4) is 33.4 Å². The molecule has 0 aliphatic carbocycles. The Kier molecular flexibility index (Phi) is 5.03. The molecule has 0 N–H and O–H groups in total. The molecule has 2 aromatic heterocycles. The summed E-state index contributed by atoms with van der Waals surface area (Å²) in [7, 11) is 0. The lowest BCUT2D eigenvalue weighted by Crippen LogP contribution is -2.14. The monoisotopic (exact) mass is 532 g/mol. The Labute approximate surface area is 234 Å². The quantitative estimate of drug-likeness (QED) is 0.227. The van der Waals surface area contributed by atoms with E-state index in [1.165, 1.54) is 0 Å². The van der Waals surface area contributed by atoms with Crippen LogP contribution in [0.2, 0.25) is 5.02 Å². The number of fused-ring (bicyclic) bond motifs is 4. The van der Waals surface area contributed by atoms with Crippen LogP contribution < -0.4 is 5.56 Å². The molecular formula is C36H21ClN2O. The van der Waals surface area contributed by atoms with Gasteiger partial charge in [0.05, 0.1) is 11.0 Å². The molecule has 188 valence electrons. The third kappa shape index (κ3) is 3.32. The minimum Gasteiger partial charge on any atom is -0.268 e. The Hall–Kier alpha value is -4.99. The van der Waals surface area contributed by atoms with Crippen molar-refractivity contribution in [1.29, 1.82) is 0 Å². The number of rotatable bonds is 3. The summed E-state index contributed by atoms with van der Waals surface area (Å²) in [5.41, 5.74) is 8.35. The first kappa shape index (κ1) is 22.9. The van der Waals surface area contributed by atoms with Crippen molar-refractivity contribution < 1.29 is 0 Å². The topological polar surface area (TPSA) is 34.4 Å². The van der Waals surface area contributed by atoms with Crippen molar-refractivity contribution in [2.75, 3.05) is 0 Å². The van der Waals surface area contributed by atoms with Gasteiger partial charge in [0.2, 0.25) is 0 Å². The molecule has 0 saturated carbocycles. The first-order chi connectivity index (χ1) is 19.7. The SMILES string of the molecule is O=c1c2ccc(Cl)c3c(-c4ccccc4)ccc(c32)c2nc3cc(-c4ccccc4)cc(-c4ccccc4)c3n12. The van der Waals surface area contributed by atoms with Crippen LogP contribution in [-0.2, 0) is 0 Å². The van der Waals surface area contributed by atoms with Gasteiger partial charge in [0, 0.05) is 32.1 Å². The molecule has 0 unspecified atom stereocenters. The number of benzene rings is 6. The van der Waals surface area contributed by atoms with E-state index in [4.69, 9.17) is 16.6 Å². The number of hydrogen-bond donors (Lipinski definition) is 0. The molecule has 0 aliphatic rings. The molecule has 6 aromatic carbocycles. The zero-order valence-corrected chi connectivity index (χ0v) is 22.1. The molecule has 0 amide bonds. The fourth-order valence-corrected chi connectivity index (χ4v) is 6.28. The largest absolute Gasteiger partial charge is 0.268 e. The highest BCUT2D eigenvalue weighted by atomic mass is 35.5. The second kappa shape index (κ2) is 8.77. The van der Waals surface area contributed by atoms with E-state index in [0.717, 1.165) is 60.6 Å². The summed E-state index contributed by atoms with van der Waals surface area (Å²) < 4.78 is 1.79. The predicted molar refractivity (Wildman–Crippen MR) is 166 cm³/mol. The highest BCUT2D eigenvalue weighted by Crippen LogP contribution is 2.41. The maximum absolute atomic E-state index is 14.3. The van der Waals surface area contributed by atoms with Crippen LogP contribution in [0.25, 0.3) is 71.6 Å². The van der Waals surface area contributed by atoms with Gasteiger partial charge in [-0.2, -0.15) is 0 Å². The minimum atomic E-state index is -0.0958. The minimum absolute atomic E-state index is 0.0958. The van der Waals surface area contributed by atoms with E-state index in [9.17, 15) is 4.79 Å². The van der Waals surface area contributed by atoms with E-state index in [0.29, 0.717) is 16.1 Å². The molecule has 40 heavy (non-hydrogen) atoms. The standard InChI is InChI=1S/C36H21ClN2O/c37-30-19-18-28-32-27(17-16-26(33(30)32)23-12-6-2-7-13-23)35-38-31-21-25(22-10-4-1-5-11-22)20-29(24-14-8-3-9-15-24)34(31)39(35)36(28)40/h1-21H. The molecule has 2 heterocycles. The molecule has 0 radical (unpaired) electrons. The van der Waals surface area contributed by atoms with Gasteiger partial charge in [-0.3, -0.25) is 9.20 Å². The van der Waals surface area contributed by atoms with Crippen molar-refractivity contribution in [2.24, 2.45) is 0 Å². The van der Waals surface area contributed by atoms with Crippen LogP contribution in [0.15, 0.2) is 132 Å². The van der Waals surface area contributed by atoms with Crippen molar-refractivity contribution in [2.45, 2.75) is 0 Å².